The standard InChI is InChI=1S/C12H16FN/c1-3-4-5-12(14)10-7-6-9(2)11(13)8-10/h3,6-8,12H,1,4-5,14H2,2H3/t12-/m0/s1. The Morgan fingerprint density at radius 2 is 2.29 bits per heavy atom. The summed E-state index contributed by atoms with van der Waals surface area (Å²) in [6.45, 7) is 5.37. The van der Waals surface area contributed by atoms with Crippen LogP contribution in [-0.4, -0.2) is 0 Å². The second-order valence-corrected chi connectivity index (χ2v) is 3.48. The first-order valence-electron chi connectivity index (χ1n) is 4.77. The smallest absolute Gasteiger partial charge is 0.126 e. The molecule has 0 saturated carbocycles. The monoisotopic (exact) mass is 193 g/mol. The molecule has 0 aliphatic carbocycles. The van der Waals surface area contributed by atoms with Crippen LogP contribution in [0.2, 0.25) is 0 Å². The lowest BCUT2D eigenvalue weighted by Crippen LogP contribution is -2.10. The minimum Gasteiger partial charge on any atom is -0.324 e. The van der Waals surface area contributed by atoms with Crippen molar-refractivity contribution in [2.24, 2.45) is 5.73 Å². The number of halogens is 1. The fourth-order valence-electron chi connectivity index (χ4n) is 1.30. The third-order valence-electron chi connectivity index (χ3n) is 2.31. The van der Waals surface area contributed by atoms with E-state index in [1.807, 2.05) is 12.1 Å². The second-order valence-electron chi connectivity index (χ2n) is 3.48. The molecule has 2 N–H and O–H groups in total. The predicted molar refractivity (Wildman–Crippen MR) is 57.5 cm³/mol. The van der Waals surface area contributed by atoms with Gasteiger partial charge in [0, 0.05) is 6.04 Å². The summed E-state index contributed by atoms with van der Waals surface area (Å²) in [5.74, 6) is -0.184. The van der Waals surface area contributed by atoms with Crippen molar-refractivity contribution in [1.82, 2.24) is 0 Å². The normalized spacial score (nSPS) is 12.5. The molecule has 0 amide bonds. The molecule has 0 aliphatic rings. The number of nitrogens with two attached hydrogens (primary N) is 1. The Bertz CT molecular complexity index is 320. The molecular weight excluding hydrogens is 177 g/mol. The zero-order valence-corrected chi connectivity index (χ0v) is 8.46. The number of benzene rings is 1. The van der Waals surface area contributed by atoms with Crippen molar-refractivity contribution in [2.45, 2.75) is 25.8 Å². The summed E-state index contributed by atoms with van der Waals surface area (Å²) in [6, 6.07) is 5.07. The second kappa shape index (κ2) is 4.91. The molecule has 0 spiro atoms. The van der Waals surface area contributed by atoms with Crippen LogP contribution >= 0.6 is 0 Å². The van der Waals surface area contributed by atoms with Crippen molar-refractivity contribution in [3.63, 3.8) is 0 Å². The summed E-state index contributed by atoms with van der Waals surface area (Å²) in [5.41, 5.74) is 7.40. The first kappa shape index (κ1) is 10.9. The largest absolute Gasteiger partial charge is 0.324 e. The molecule has 1 rings (SSSR count). The van der Waals surface area contributed by atoms with E-state index >= 15 is 0 Å². The van der Waals surface area contributed by atoms with E-state index in [0.29, 0.717) is 5.56 Å². The lowest BCUT2D eigenvalue weighted by molar-refractivity contribution is 0.604. The number of rotatable bonds is 4. The Hall–Kier alpha value is -1.15. The van der Waals surface area contributed by atoms with Gasteiger partial charge in [0.2, 0.25) is 0 Å². The number of allylic oxidation sites excluding steroid dienone is 1. The molecule has 14 heavy (non-hydrogen) atoms. The molecule has 2 heteroatoms. The quantitative estimate of drug-likeness (QED) is 0.730. The molecule has 0 unspecified atom stereocenters. The fraction of sp³-hybridized carbons (Fsp3) is 0.333. The molecule has 1 aromatic rings. The van der Waals surface area contributed by atoms with Gasteiger partial charge >= 0.3 is 0 Å². The van der Waals surface area contributed by atoms with Gasteiger partial charge < -0.3 is 5.73 Å². The topological polar surface area (TPSA) is 26.0 Å². The van der Waals surface area contributed by atoms with Gasteiger partial charge in [0.1, 0.15) is 5.82 Å². The van der Waals surface area contributed by atoms with E-state index < -0.39 is 0 Å². The van der Waals surface area contributed by atoms with Gasteiger partial charge in [0.25, 0.3) is 0 Å². The molecule has 76 valence electrons. The molecule has 0 fully saturated rings. The van der Waals surface area contributed by atoms with Crippen molar-refractivity contribution in [1.29, 1.82) is 0 Å². The molecule has 0 radical (unpaired) electrons. The molecule has 0 aliphatic heterocycles. The Morgan fingerprint density at radius 3 is 2.86 bits per heavy atom. The maximum atomic E-state index is 13.2. The summed E-state index contributed by atoms with van der Waals surface area (Å²) >= 11 is 0. The Kier molecular flexibility index (Phi) is 3.84. The van der Waals surface area contributed by atoms with E-state index in [4.69, 9.17) is 5.73 Å². The molecule has 1 atom stereocenters. The van der Waals surface area contributed by atoms with Crippen LogP contribution in [0.1, 0.15) is 30.0 Å². The third-order valence-corrected chi connectivity index (χ3v) is 2.31. The molecule has 0 heterocycles. The Balaban J connectivity index is 2.75. The summed E-state index contributed by atoms with van der Waals surface area (Å²) in [4.78, 5) is 0. The van der Waals surface area contributed by atoms with Gasteiger partial charge in [-0.1, -0.05) is 18.2 Å². The van der Waals surface area contributed by atoms with Crippen LogP contribution in [0, 0.1) is 12.7 Å². The van der Waals surface area contributed by atoms with E-state index in [1.54, 1.807) is 13.0 Å². The lowest BCUT2D eigenvalue weighted by atomic mass is 10.0. The predicted octanol–water partition coefficient (Wildman–Crippen LogP) is 3.10. The molecule has 0 saturated heterocycles. The van der Waals surface area contributed by atoms with Gasteiger partial charge in [0.15, 0.2) is 0 Å². The average molecular weight is 193 g/mol. The minimum atomic E-state index is -0.184. The number of hydrogen-bond acceptors (Lipinski definition) is 1. The minimum absolute atomic E-state index is 0.0944. The van der Waals surface area contributed by atoms with Crippen molar-refractivity contribution in [2.75, 3.05) is 0 Å². The summed E-state index contributed by atoms with van der Waals surface area (Å²) in [6.07, 6.45) is 3.49. The highest BCUT2D eigenvalue weighted by Gasteiger charge is 2.06. The molecule has 1 aromatic carbocycles. The van der Waals surface area contributed by atoms with E-state index in [1.165, 1.54) is 6.07 Å². The summed E-state index contributed by atoms with van der Waals surface area (Å²) < 4.78 is 13.2. The zero-order valence-electron chi connectivity index (χ0n) is 8.46. The van der Waals surface area contributed by atoms with E-state index in [2.05, 4.69) is 6.58 Å². The molecule has 1 nitrogen and oxygen atoms in total. The molecule has 0 aromatic heterocycles. The maximum Gasteiger partial charge on any atom is 0.126 e. The van der Waals surface area contributed by atoms with E-state index in [9.17, 15) is 4.39 Å². The van der Waals surface area contributed by atoms with Crippen LogP contribution in [0.15, 0.2) is 30.9 Å². The maximum absolute atomic E-state index is 13.2. The van der Waals surface area contributed by atoms with Gasteiger partial charge in [-0.25, -0.2) is 4.39 Å². The Labute approximate surface area is 84.4 Å². The van der Waals surface area contributed by atoms with Crippen molar-refractivity contribution in [3.8, 4) is 0 Å². The van der Waals surface area contributed by atoms with Gasteiger partial charge in [-0.2, -0.15) is 0 Å². The first-order chi connectivity index (χ1) is 6.65. The van der Waals surface area contributed by atoms with Gasteiger partial charge in [-0.3, -0.25) is 0 Å². The van der Waals surface area contributed by atoms with Crippen LogP contribution < -0.4 is 5.73 Å². The van der Waals surface area contributed by atoms with Gasteiger partial charge in [-0.15, -0.1) is 6.58 Å². The highest BCUT2D eigenvalue weighted by Crippen LogP contribution is 2.18. The van der Waals surface area contributed by atoms with E-state index in [-0.39, 0.29) is 11.9 Å². The third kappa shape index (κ3) is 2.67. The van der Waals surface area contributed by atoms with Crippen molar-refractivity contribution in [3.05, 3.63) is 47.8 Å². The van der Waals surface area contributed by atoms with Gasteiger partial charge in [0.05, 0.1) is 0 Å². The van der Waals surface area contributed by atoms with Crippen LogP contribution in [0.5, 0.6) is 0 Å². The van der Waals surface area contributed by atoms with Crippen molar-refractivity contribution >= 4 is 0 Å². The highest BCUT2D eigenvalue weighted by atomic mass is 19.1. The first-order valence-corrected chi connectivity index (χ1v) is 4.77. The SMILES string of the molecule is C=CCC[C@H](N)c1ccc(C)c(F)c1. The summed E-state index contributed by atoms with van der Waals surface area (Å²) in [7, 11) is 0. The highest BCUT2D eigenvalue weighted by molar-refractivity contribution is 5.25. The lowest BCUT2D eigenvalue weighted by Gasteiger charge is -2.11. The zero-order chi connectivity index (χ0) is 10.6. The van der Waals surface area contributed by atoms with Crippen LogP contribution in [0.4, 0.5) is 4.39 Å². The van der Waals surface area contributed by atoms with Crippen LogP contribution in [0.25, 0.3) is 0 Å². The van der Waals surface area contributed by atoms with E-state index in [0.717, 1.165) is 18.4 Å². The summed E-state index contributed by atoms with van der Waals surface area (Å²) in [5, 5.41) is 0. The molecule has 0 bridgehead atoms. The van der Waals surface area contributed by atoms with Crippen LogP contribution in [-0.2, 0) is 0 Å². The number of aryl methyl sites for hydroxylation is 1. The average Bonchev–Trinajstić information content (AvgIpc) is 2.18. The van der Waals surface area contributed by atoms with Gasteiger partial charge in [-0.05, 0) is 37.0 Å². The fourth-order valence-corrected chi connectivity index (χ4v) is 1.30. The molecular formula is C12H16FN. The Morgan fingerprint density at radius 1 is 1.57 bits per heavy atom. The van der Waals surface area contributed by atoms with Crippen LogP contribution in [0.3, 0.4) is 0 Å². The number of hydrogen-bond donors (Lipinski definition) is 1. The van der Waals surface area contributed by atoms with Crippen molar-refractivity contribution < 1.29 is 4.39 Å².